The van der Waals surface area contributed by atoms with Crippen LogP contribution in [0, 0.1) is 0 Å². The number of carbonyl (C=O) groups is 1. The minimum absolute atomic E-state index is 0.150. The number of carbonyl (C=O) groups excluding carboxylic acids is 1. The Labute approximate surface area is 144 Å². The number of rotatable bonds is 5. The first-order valence-corrected chi connectivity index (χ1v) is 8.04. The molecule has 0 spiro atoms. The van der Waals surface area contributed by atoms with Crippen molar-refractivity contribution in [2.45, 2.75) is 12.6 Å². The van der Waals surface area contributed by atoms with E-state index in [1.807, 2.05) is 0 Å². The van der Waals surface area contributed by atoms with Crippen molar-refractivity contribution in [1.29, 1.82) is 0 Å². The Balaban J connectivity index is 1.49. The van der Waals surface area contributed by atoms with Crippen LogP contribution in [0.2, 0.25) is 0 Å². The van der Waals surface area contributed by atoms with Crippen molar-refractivity contribution >= 4 is 11.8 Å². The van der Waals surface area contributed by atoms with Crippen molar-refractivity contribution in [2.75, 3.05) is 31.6 Å². The lowest BCUT2D eigenvalue weighted by Crippen LogP contribution is -2.51. The van der Waals surface area contributed by atoms with Crippen LogP contribution in [0.3, 0.4) is 0 Å². The second-order valence-electron chi connectivity index (χ2n) is 5.80. The molecular formula is C16H21N5O4. The zero-order chi connectivity index (χ0) is 17.6. The van der Waals surface area contributed by atoms with Crippen molar-refractivity contribution in [2.24, 2.45) is 7.05 Å². The van der Waals surface area contributed by atoms with Crippen LogP contribution in [-0.2, 0) is 18.3 Å². The number of nitrogens with zero attached hydrogens (tertiary/aromatic N) is 3. The minimum Gasteiger partial charge on any atom is -0.472 e. The van der Waals surface area contributed by atoms with Gasteiger partial charge in [0.2, 0.25) is 0 Å². The van der Waals surface area contributed by atoms with Gasteiger partial charge in [0.15, 0.2) is 5.82 Å². The standard InChI is InChI=1S/C16H21N5O4/c1-20-4-3-17-14(15(20)22)18-9-13-10-21(5-7-25-13)16(23)19-8-12-2-6-24-11-12/h2-4,6,11,13H,5,7-10H2,1H3,(H,17,18)(H,19,23)/t13-/m1/s1. The lowest BCUT2D eigenvalue weighted by molar-refractivity contribution is -0.00657. The summed E-state index contributed by atoms with van der Waals surface area (Å²) in [7, 11) is 1.67. The fourth-order valence-corrected chi connectivity index (χ4v) is 2.54. The first kappa shape index (κ1) is 17.0. The second kappa shape index (κ2) is 7.84. The average molecular weight is 347 g/mol. The summed E-state index contributed by atoms with van der Waals surface area (Å²) in [6.45, 7) is 2.24. The zero-order valence-corrected chi connectivity index (χ0v) is 14.0. The molecule has 0 saturated carbocycles. The lowest BCUT2D eigenvalue weighted by Gasteiger charge is -2.33. The number of ether oxygens (including phenoxy) is 1. The van der Waals surface area contributed by atoms with Gasteiger partial charge in [-0.3, -0.25) is 4.79 Å². The van der Waals surface area contributed by atoms with Crippen molar-refractivity contribution in [3.05, 3.63) is 46.9 Å². The molecule has 1 aliphatic heterocycles. The molecule has 1 fully saturated rings. The predicted molar refractivity (Wildman–Crippen MR) is 90.2 cm³/mol. The number of aryl methyl sites for hydroxylation is 1. The van der Waals surface area contributed by atoms with E-state index in [4.69, 9.17) is 9.15 Å². The van der Waals surface area contributed by atoms with E-state index in [2.05, 4.69) is 15.6 Å². The number of anilines is 1. The topological polar surface area (TPSA) is 102 Å². The molecule has 9 heteroatoms. The van der Waals surface area contributed by atoms with Gasteiger partial charge >= 0.3 is 6.03 Å². The van der Waals surface area contributed by atoms with Gasteiger partial charge in [0, 0.05) is 44.6 Å². The van der Waals surface area contributed by atoms with Gasteiger partial charge in [0.1, 0.15) is 0 Å². The number of urea groups is 1. The summed E-state index contributed by atoms with van der Waals surface area (Å²) in [5.41, 5.74) is 0.707. The zero-order valence-electron chi connectivity index (χ0n) is 14.0. The highest BCUT2D eigenvalue weighted by Gasteiger charge is 2.24. The van der Waals surface area contributed by atoms with Gasteiger partial charge in [-0.05, 0) is 6.07 Å². The normalized spacial score (nSPS) is 17.3. The summed E-state index contributed by atoms with van der Waals surface area (Å²) >= 11 is 0. The van der Waals surface area contributed by atoms with E-state index >= 15 is 0 Å². The fraction of sp³-hybridized carbons (Fsp3) is 0.438. The summed E-state index contributed by atoms with van der Waals surface area (Å²) in [5.74, 6) is 0.273. The highest BCUT2D eigenvalue weighted by molar-refractivity contribution is 5.74. The number of aromatic nitrogens is 2. The Hall–Kier alpha value is -2.81. The number of morpholine rings is 1. The van der Waals surface area contributed by atoms with E-state index < -0.39 is 0 Å². The van der Waals surface area contributed by atoms with E-state index in [9.17, 15) is 9.59 Å². The number of amides is 2. The molecule has 0 aromatic carbocycles. The van der Waals surface area contributed by atoms with Crippen LogP contribution in [0.15, 0.2) is 40.2 Å². The van der Waals surface area contributed by atoms with Crippen molar-refractivity contribution in [3.8, 4) is 0 Å². The smallest absolute Gasteiger partial charge is 0.317 e. The minimum atomic E-state index is -0.208. The Kier molecular flexibility index (Phi) is 5.34. The number of furan rings is 1. The molecule has 0 radical (unpaired) electrons. The van der Waals surface area contributed by atoms with Crippen molar-refractivity contribution in [1.82, 2.24) is 19.8 Å². The molecule has 25 heavy (non-hydrogen) atoms. The van der Waals surface area contributed by atoms with Crippen LogP contribution in [-0.4, -0.2) is 52.8 Å². The van der Waals surface area contributed by atoms with E-state index in [1.54, 1.807) is 42.9 Å². The third kappa shape index (κ3) is 4.38. The van der Waals surface area contributed by atoms with Crippen LogP contribution < -0.4 is 16.2 Å². The Morgan fingerprint density at radius 3 is 3.16 bits per heavy atom. The Bertz CT molecular complexity index is 758. The first-order valence-electron chi connectivity index (χ1n) is 8.04. The molecule has 9 nitrogen and oxygen atoms in total. The van der Waals surface area contributed by atoms with Gasteiger partial charge < -0.3 is 29.3 Å². The highest BCUT2D eigenvalue weighted by Crippen LogP contribution is 2.07. The molecule has 0 bridgehead atoms. The molecule has 2 aromatic heterocycles. The van der Waals surface area contributed by atoms with Gasteiger partial charge in [-0.2, -0.15) is 0 Å². The molecular weight excluding hydrogens is 326 g/mol. The van der Waals surface area contributed by atoms with E-state index in [0.717, 1.165) is 5.56 Å². The van der Waals surface area contributed by atoms with Gasteiger partial charge in [-0.1, -0.05) is 0 Å². The van der Waals surface area contributed by atoms with Crippen LogP contribution in [0.4, 0.5) is 10.6 Å². The maximum atomic E-state index is 12.3. The summed E-state index contributed by atoms with van der Waals surface area (Å²) in [5, 5.41) is 5.85. The Morgan fingerprint density at radius 2 is 2.36 bits per heavy atom. The lowest BCUT2D eigenvalue weighted by atomic mass is 10.2. The fourth-order valence-electron chi connectivity index (χ4n) is 2.54. The van der Waals surface area contributed by atoms with Gasteiger partial charge in [-0.15, -0.1) is 0 Å². The van der Waals surface area contributed by atoms with Crippen LogP contribution >= 0.6 is 0 Å². The maximum Gasteiger partial charge on any atom is 0.317 e. The second-order valence-corrected chi connectivity index (χ2v) is 5.80. The monoisotopic (exact) mass is 347 g/mol. The molecule has 3 rings (SSSR count). The van der Waals surface area contributed by atoms with Crippen molar-refractivity contribution in [3.63, 3.8) is 0 Å². The van der Waals surface area contributed by atoms with Crippen LogP contribution in [0.25, 0.3) is 0 Å². The maximum absolute atomic E-state index is 12.3. The summed E-state index contributed by atoms with van der Waals surface area (Å²) in [6, 6.07) is 1.66. The van der Waals surface area contributed by atoms with E-state index in [1.165, 1.54) is 4.57 Å². The van der Waals surface area contributed by atoms with Crippen LogP contribution in [0.1, 0.15) is 5.56 Å². The highest BCUT2D eigenvalue weighted by atomic mass is 16.5. The third-order valence-corrected chi connectivity index (χ3v) is 3.96. The molecule has 3 heterocycles. The molecule has 2 aromatic rings. The van der Waals surface area contributed by atoms with Crippen molar-refractivity contribution < 1.29 is 13.9 Å². The molecule has 1 aliphatic rings. The summed E-state index contributed by atoms with van der Waals surface area (Å²) in [6.07, 6.45) is 6.11. The van der Waals surface area contributed by atoms with E-state index in [-0.39, 0.29) is 23.5 Å². The Morgan fingerprint density at radius 1 is 1.48 bits per heavy atom. The first-order chi connectivity index (χ1) is 12.1. The molecule has 0 unspecified atom stereocenters. The third-order valence-electron chi connectivity index (χ3n) is 3.96. The molecule has 2 amide bonds. The average Bonchev–Trinajstić information content (AvgIpc) is 3.15. The summed E-state index contributed by atoms with van der Waals surface area (Å²) < 4.78 is 12.1. The number of hydrogen-bond acceptors (Lipinski definition) is 6. The molecule has 134 valence electrons. The van der Waals surface area contributed by atoms with Gasteiger partial charge in [0.25, 0.3) is 5.56 Å². The van der Waals surface area contributed by atoms with Crippen LogP contribution in [0.5, 0.6) is 0 Å². The SMILES string of the molecule is Cn1ccnc(NC[C@@H]2CN(C(=O)NCc3ccoc3)CCO2)c1=O. The number of hydrogen-bond donors (Lipinski definition) is 2. The largest absolute Gasteiger partial charge is 0.472 e. The van der Waals surface area contributed by atoms with E-state index in [0.29, 0.717) is 32.8 Å². The van der Waals surface area contributed by atoms with Gasteiger partial charge in [-0.25, -0.2) is 9.78 Å². The van der Waals surface area contributed by atoms with Gasteiger partial charge in [0.05, 0.1) is 31.8 Å². The molecule has 0 aliphatic carbocycles. The molecule has 2 N–H and O–H groups in total. The quantitative estimate of drug-likeness (QED) is 0.812. The molecule has 1 atom stereocenters. The molecule has 1 saturated heterocycles. The summed E-state index contributed by atoms with van der Waals surface area (Å²) in [4.78, 5) is 29.9. The number of nitrogens with one attached hydrogen (secondary N) is 2. The predicted octanol–water partition coefficient (Wildman–Crippen LogP) is 0.396.